The van der Waals surface area contributed by atoms with Crippen LogP contribution in [0.5, 0.6) is 0 Å². The maximum Gasteiger partial charge on any atom is 0.246 e. The average molecular weight is 349 g/mol. The monoisotopic (exact) mass is 349 g/mol. The molecule has 0 spiro atoms. The molecule has 134 valence electrons. The fourth-order valence-electron chi connectivity index (χ4n) is 2.84. The number of carbonyl (C=O) groups excluding carboxylic acids is 1. The smallest absolute Gasteiger partial charge is 0.246 e. The molecule has 26 heavy (non-hydrogen) atoms. The first-order chi connectivity index (χ1) is 12.6. The van der Waals surface area contributed by atoms with Gasteiger partial charge in [0.05, 0.1) is 6.04 Å². The highest BCUT2D eigenvalue weighted by molar-refractivity contribution is 5.77. The van der Waals surface area contributed by atoms with Gasteiger partial charge in [-0.05, 0) is 37.1 Å². The number of benzene rings is 2. The Kier molecular flexibility index (Phi) is 5.87. The van der Waals surface area contributed by atoms with Gasteiger partial charge in [0.1, 0.15) is 24.2 Å². The highest BCUT2D eigenvalue weighted by atomic mass is 16.5. The SMILES string of the molecule is Cc1ccc(C(C)NC(=O)COC(c2ccccc2)c2ccccc2)o1. The molecule has 4 nitrogen and oxygen atoms in total. The summed E-state index contributed by atoms with van der Waals surface area (Å²) in [5.41, 5.74) is 2.03. The Morgan fingerprint density at radius 3 is 2.04 bits per heavy atom. The first-order valence-electron chi connectivity index (χ1n) is 8.70. The summed E-state index contributed by atoms with van der Waals surface area (Å²) in [6.07, 6.45) is -0.288. The molecule has 1 N–H and O–H groups in total. The van der Waals surface area contributed by atoms with Crippen LogP contribution in [0.4, 0.5) is 0 Å². The van der Waals surface area contributed by atoms with Gasteiger partial charge in [0.25, 0.3) is 0 Å². The number of furan rings is 1. The van der Waals surface area contributed by atoms with Crippen molar-refractivity contribution < 1.29 is 13.9 Å². The van der Waals surface area contributed by atoms with Crippen LogP contribution in [0.25, 0.3) is 0 Å². The quantitative estimate of drug-likeness (QED) is 0.680. The number of carbonyl (C=O) groups is 1. The molecular weight excluding hydrogens is 326 g/mol. The third-order valence-electron chi connectivity index (χ3n) is 4.15. The van der Waals surface area contributed by atoms with Gasteiger partial charge in [-0.3, -0.25) is 4.79 Å². The second-order valence-electron chi connectivity index (χ2n) is 6.25. The maximum absolute atomic E-state index is 12.3. The molecule has 0 saturated heterocycles. The highest BCUT2D eigenvalue weighted by Crippen LogP contribution is 2.25. The van der Waals surface area contributed by atoms with Crippen molar-refractivity contribution in [3.63, 3.8) is 0 Å². The van der Waals surface area contributed by atoms with Gasteiger partial charge >= 0.3 is 0 Å². The van der Waals surface area contributed by atoms with Crippen molar-refractivity contribution >= 4 is 5.91 Å². The summed E-state index contributed by atoms with van der Waals surface area (Å²) in [7, 11) is 0. The summed E-state index contributed by atoms with van der Waals surface area (Å²) in [6.45, 7) is 3.74. The number of hydrogen-bond donors (Lipinski definition) is 1. The van der Waals surface area contributed by atoms with Crippen molar-refractivity contribution in [3.8, 4) is 0 Å². The van der Waals surface area contributed by atoms with E-state index in [1.165, 1.54) is 0 Å². The molecule has 1 aromatic heterocycles. The molecule has 1 unspecified atom stereocenters. The minimum atomic E-state index is -0.288. The van der Waals surface area contributed by atoms with Crippen LogP contribution in [0.3, 0.4) is 0 Å². The second kappa shape index (κ2) is 8.50. The number of amides is 1. The highest BCUT2D eigenvalue weighted by Gasteiger charge is 2.18. The number of nitrogens with one attached hydrogen (secondary N) is 1. The van der Waals surface area contributed by atoms with E-state index in [0.717, 1.165) is 22.6 Å². The summed E-state index contributed by atoms with van der Waals surface area (Å²) >= 11 is 0. The zero-order chi connectivity index (χ0) is 18.4. The van der Waals surface area contributed by atoms with Gasteiger partial charge in [-0.2, -0.15) is 0 Å². The lowest BCUT2D eigenvalue weighted by Gasteiger charge is -2.19. The molecule has 0 radical (unpaired) electrons. The van der Waals surface area contributed by atoms with E-state index in [-0.39, 0.29) is 24.7 Å². The molecule has 0 saturated carbocycles. The van der Waals surface area contributed by atoms with Gasteiger partial charge in [-0.25, -0.2) is 0 Å². The molecule has 2 aromatic carbocycles. The van der Waals surface area contributed by atoms with Crippen molar-refractivity contribution in [2.45, 2.75) is 26.0 Å². The van der Waals surface area contributed by atoms with E-state index in [4.69, 9.17) is 9.15 Å². The maximum atomic E-state index is 12.3. The zero-order valence-corrected chi connectivity index (χ0v) is 15.0. The lowest BCUT2D eigenvalue weighted by molar-refractivity contribution is -0.127. The Bertz CT molecular complexity index is 787. The third kappa shape index (κ3) is 4.61. The van der Waals surface area contributed by atoms with Crippen LogP contribution < -0.4 is 5.32 Å². The van der Waals surface area contributed by atoms with Crippen LogP contribution in [-0.4, -0.2) is 12.5 Å². The molecule has 1 atom stereocenters. The third-order valence-corrected chi connectivity index (χ3v) is 4.15. The van der Waals surface area contributed by atoms with E-state index in [0.29, 0.717) is 0 Å². The van der Waals surface area contributed by atoms with E-state index in [1.807, 2.05) is 86.6 Å². The Balaban J connectivity index is 1.65. The minimum absolute atomic E-state index is 0.0293. The van der Waals surface area contributed by atoms with Gasteiger partial charge in [0, 0.05) is 0 Å². The van der Waals surface area contributed by atoms with Crippen LogP contribution >= 0.6 is 0 Å². The Morgan fingerprint density at radius 2 is 1.54 bits per heavy atom. The predicted molar refractivity (Wildman–Crippen MR) is 101 cm³/mol. The van der Waals surface area contributed by atoms with Crippen molar-refractivity contribution in [2.75, 3.05) is 6.61 Å². The van der Waals surface area contributed by atoms with Gasteiger partial charge in [0.2, 0.25) is 5.91 Å². The van der Waals surface area contributed by atoms with Crippen molar-refractivity contribution in [3.05, 3.63) is 95.4 Å². The number of ether oxygens (including phenoxy) is 1. The molecule has 0 aliphatic carbocycles. The molecule has 0 bridgehead atoms. The van der Waals surface area contributed by atoms with Gasteiger partial charge in [0.15, 0.2) is 0 Å². The number of hydrogen-bond acceptors (Lipinski definition) is 3. The summed E-state index contributed by atoms with van der Waals surface area (Å²) in [4.78, 5) is 12.3. The molecular formula is C22H23NO3. The van der Waals surface area contributed by atoms with E-state index in [1.54, 1.807) is 0 Å². The molecule has 0 aliphatic rings. The lowest BCUT2D eigenvalue weighted by atomic mass is 10.0. The van der Waals surface area contributed by atoms with Gasteiger partial charge in [-0.1, -0.05) is 60.7 Å². The number of rotatable bonds is 7. The lowest BCUT2D eigenvalue weighted by Crippen LogP contribution is -2.30. The fraction of sp³-hybridized carbons (Fsp3) is 0.227. The molecule has 3 rings (SSSR count). The van der Waals surface area contributed by atoms with Crippen LogP contribution in [0.1, 0.15) is 41.7 Å². The molecule has 4 heteroatoms. The van der Waals surface area contributed by atoms with Crippen LogP contribution in [-0.2, 0) is 9.53 Å². The van der Waals surface area contributed by atoms with Crippen LogP contribution in [0.2, 0.25) is 0 Å². The van der Waals surface area contributed by atoms with Crippen LogP contribution in [0, 0.1) is 6.92 Å². The summed E-state index contributed by atoms with van der Waals surface area (Å²) in [6, 6.07) is 23.4. The zero-order valence-electron chi connectivity index (χ0n) is 15.0. The van der Waals surface area contributed by atoms with Crippen molar-refractivity contribution in [1.82, 2.24) is 5.32 Å². The standard InChI is InChI=1S/C22H23NO3/c1-16-13-14-20(26-16)17(2)23-21(24)15-25-22(18-9-5-3-6-10-18)19-11-7-4-8-12-19/h3-14,17,22H,15H2,1-2H3,(H,23,24). The molecule has 1 amide bonds. The molecule has 1 heterocycles. The van der Waals surface area contributed by atoms with Crippen LogP contribution in [0.15, 0.2) is 77.2 Å². The number of aryl methyl sites for hydroxylation is 1. The molecule has 3 aromatic rings. The predicted octanol–water partition coefficient (Wildman–Crippen LogP) is 4.57. The Morgan fingerprint density at radius 1 is 0.962 bits per heavy atom. The first-order valence-corrected chi connectivity index (χ1v) is 8.70. The first kappa shape index (κ1) is 18.0. The molecule has 0 aliphatic heterocycles. The Labute approximate surface area is 153 Å². The summed E-state index contributed by atoms with van der Waals surface area (Å²) < 4.78 is 11.5. The van der Waals surface area contributed by atoms with E-state index < -0.39 is 0 Å². The van der Waals surface area contributed by atoms with E-state index in [2.05, 4.69) is 5.32 Å². The van der Waals surface area contributed by atoms with E-state index in [9.17, 15) is 4.79 Å². The normalized spacial score (nSPS) is 12.1. The van der Waals surface area contributed by atoms with Crippen molar-refractivity contribution in [2.24, 2.45) is 0 Å². The fourth-order valence-corrected chi connectivity index (χ4v) is 2.84. The Hall–Kier alpha value is -2.85. The topological polar surface area (TPSA) is 51.5 Å². The van der Waals surface area contributed by atoms with Crippen molar-refractivity contribution in [1.29, 1.82) is 0 Å². The van der Waals surface area contributed by atoms with E-state index >= 15 is 0 Å². The second-order valence-corrected chi connectivity index (χ2v) is 6.25. The van der Waals surface area contributed by atoms with Gasteiger partial charge in [-0.15, -0.1) is 0 Å². The van der Waals surface area contributed by atoms with Gasteiger partial charge < -0.3 is 14.5 Å². The summed E-state index contributed by atoms with van der Waals surface area (Å²) in [5, 5.41) is 2.91. The summed E-state index contributed by atoms with van der Waals surface area (Å²) in [5.74, 6) is 1.38. The molecule has 0 fully saturated rings. The average Bonchev–Trinajstić information content (AvgIpc) is 3.10. The minimum Gasteiger partial charge on any atom is -0.464 e. The largest absolute Gasteiger partial charge is 0.464 e.